The molecule has 0 aromatic heterocycles. The quantitative estimate of drug-likeness (QED) is 0.710. The van der Waals surface area contributed by atoms with Gasteiger partial charge in [0.1, 0.15) is 25.2 Å². The smallest absolute Gasteiger partial charge is 0.102 e. The van der Waals surface area contributed by atoms with Crippen molar-refractivity contribution in [2.24, 2.45) is 0 Å². The average molecular weight is 283 g/mol. The highest BCUT2D eigenvalue weighted by Gasteiger charge is 2.45. The van der Waals surface area contributed by atoms with Crippen LogP contribution in [0.1, 0.15) is 19.3 Å². The molecule has 0 spiro atoms. The number of likely N-dealkylation sites (tertiary alicyclic amines) is 1. The van der Waals surface area contributed by atoms with Gasteiger partial charge in [0, 0.05) is 19.4 Å². The van der Waals surface area contributed by atoms with Gasteiger partial charge in [-0.2, -0.15) is 0 Å². The van der Waals surface area contributed by atoms with E-state index in [1.807, 2.05) is 0 Å². The summed E-state index contributed by atoms with van der Waals surface area (Å²) in [5.41, 5.74) is 0. The molecule has 2 atom stereocenters. The molecule has 20 heavy (non-hydrogen) atoms. The van der Waals surface area contributed by atoms with Crippen LogP contribution in [0.5, 0.6) is 0 Å². The molecule has 3 aliphatic rings. The summed E-state index contributed by atoms with van der Waals surface area (Å²) in [6.07, 6.45) is 4.32. The van der Waals surface area contributed by atoms with Crippen molar-refractivity contribution < 1.29 is 13.7 Å². The predicted octanol–water partition coefficient (Wildman–Crippen LogP) is 0.776. The van der Waals surface area contributed by atoms with Crippen molar-refractivity contribution in [3.05, 3.63) is 0 Å². The number of quaternary nitrogens is 2. The van der Waals surface area contributed by atoms with Gasteiger partial charge in [0.15, 0.2) is 0 Å². The Hall–Kier alpha value is -0.160. The van der Waals surface area contributed by atoms with Crippen molar-refractivity contribution in [3.63, 3.8) is 0 Å². The molecule has 3 heterocycles. The fraction of sp³-hybridized carbons (Fsp3) is 1.00. The van der Waals surface area contributed by atoms with Gasteiger partial charge >= 0.3 is 0 Å². The third-order valence-electron chi connectivity index (χ3n) is 6.40. The van der Waals surface area contributed by atoms with Crippen LogP contribution in [-0.2, 0) is 4.74 Å². The number of fused-ring (bicyclic) bond motifs is 2. The molecule has 3 rings (SSSR count). The number of morpholine rings is 1. The van der Waals surface area contributed by atoms with Gasteiger partial charge in [-0.3, -0.25) is 4.90 Å². The molecule has 116 valence electrons. The van der Waals surface area contributed by atoms with Crippen LogP contribution in [0.25, 0.3) is 0 Å². The first kappa shape index (κ1) is 14.8. The van der Waals surface area contributed by atoms with E-state index in [0.29, 0.717) is 0 Å². The molecule has 3 fully saturated rings. The second kappa shape index (κ2) is 5.56. The average Bonchev–Trinajstić information content (AvgIpc) is 2.37. The number of nitrogens with zero attached hydrogens (tertiary/aromatic N) is 3. The van der Waals surface area contributed by atoms with Crippen LogP contribution in [0.15, 0.2) is 0 Å². The molecule has 3 saturated heterocycles. The number of piperidine rings is 1. The molecule has 0 N–H and O–H groups in total. The van der Waals surface area contributed by atoms with Crippen molar-refractivity contribution >= 4 is 0 Å². The molecule has 0 aromatic rings. The zero-order chi connectivity index (χ0) is 14.2. The second-order valence-electron chi connectivity index (χ2n) is 8.03. The predicted molar refractivity (Wildman–Crippen MR) is 81.6 cm³/mol. The number of ether oxygens (including phenoxy) is 1. The third kappa shape index (κ3) is 2.89. The Morgan fingerprint density at radius 1 is 1.00 bits per heavy atom. The standard InChI is InChI=1S/C16H33N3O/c1-18(2)15-5-4-6-16(18)14-17(13-15)7-8-19(3)9-11-20-12-10-19/h15-16H,4-14H2,1-3H3/q+2. The first-order valence-corrected chi connectivity index (χ1v) is 8.47. The number of hydrogen-bond donors (Lipinski definition) is 0. The van der Waals surface area contributed by atoms with Gasteiger partial charge in [0.25, 0.3) is 0 Å². The highest BCUT2D eigenvalue weighted by atomic mass is 16.5. The van der Waals surface area contributed by atoms with Gasteiger partial charge in [-0.25, -0.2) is 0 Å². The summed E-state index contributed by atoms with van der Waals surface area (Å²) in [5, 5.41) is 0. The first-order valence-electron chi connectivity index (χ1n) is 8.47. The number of piperazine rings is 1. The molecule has 0 aliphatic carbocycles. The van der Waals surface area contributed by atoms with Crippen molar-refractivity contribution in [3.8, 4) is 0 Å². The van der Waals surface area contributed by atoms with Gasteiger partial charge in [-0.15, -0.1) is 0 Å². The monoisotopic (exact) mass is 283 g/mol. The topological polar surface area (TPSA) is 12.5 Å². The molecule has 4 nitrogen and oxygen atoms in total. The van der Waals surface area contributed by atoms with Crippen LogP contribution in [-0.4, -0.2) is 99.6 Å². The molecule has 2 unspecified atom stereocenters. The number of rotatable bonds is 3. The van der Waals surface area contributed by atoms with E-state index in [1.54, 1.807) is 0 Å². The van der Waals surface area contributed by atoms with E-state index in [9.17, 15) is 0 Å². The largest absolute Gasteiger partial charge is 0.370 e. The molecular weight excluding hydrogens is 250 g/mol. The molecule has 0 amide bonds. The lowest BCUT2D eigenvalue weighted by Crippen LogP contribution is -2.69. The van der Waals surface area contributed by atoms with Gasteiger partial charge in [-0.1, -0.05) is 0 Å². The van der Waals surface area contributed by atoms with Crippen molar-refractivity contribution in [1.29, 1.82) is 0 Å². The SMILES string of the molecule is C[N+]1(CCN2CC3CCCC(C2)[N+]3(C)C)CCOCC1. The Bertz CT molecular complexity index is 323. The van der Waals surface area contributed by atoms with E-state index in [2.05, 4.69) is 26.0 Å². The lowest BCUT2D eigenvalue weighted by molar-refractivity contribution is -0.949. The minimum atomic E-state index is 0.873. The van der Waals surface area contributed by atoms with Crippen LogP contribution in [0.3, 0.4) is 0 Å². The maximum Gasteiger partial charge on any atom is 0.102 e. The van der Waals surface area contributed by atoms with Crippen molar-refractivity contribution in [2.75, 3.05) is 73.6 Å². The summed E-state index contributed by atoms with van der Waals surface area (Å²) in [5.74, 6) is 0. The molecule has 3 aliphatic heterocycles. The normalized spacial score (nSPS) is 36.8. The molecule has 0 radical (unpaired) electrons. The molecule has 4 heteroatoms. The van der Waals surface area contributed by atoms with Crippen molar-refractivity contribution in [1.82, 2.24) is 4.90 Å². The fourth-order valence-corrected chi connectivity index (χ4v) is 4.40. The maximum absolute atomic E-state index is 5.51. The lowest BCUT2D eigenvalue weighted by Gasteiger charge is -2.54. The fourth-order valence-electron chi connectivity index (χ4n) is 4.40. The van der Waals surface area contributed by atoms with E-state index in [0.717, 1.165) is 25.3 Å². The minimum Gasteiger partial charge on any atom is -0.370 e. The zero-order valence-electron chi connectivity index (χ0n) is 13.7. The van der Waals surface area contributed by atoms with Gasteiger partial charge < -0.3 is 13.7 Å². The minimum absolute atomic E-state index is 0.873. The summed E-state index contributed by atoms with van der Waals surface area (Å²) >= 11 is 0. The summed E-state index contributed by atoms with van der Waals surface area (Å²) in [7, 11) is 7.33. The second-order valence-corrected chi connectivity index (χ2v) is 8.03. The van der Waals surface area contributed by atoms with E-state index in [4.69, 9.17) is 4.74 Å². The van der Waals surface area contributed by atoms with Crippen LogP contribution in [0, 0.1) is 0 Å². The zero-order valence-corrected chi connectivity index (χ0v) is 13.7. The molecular formula is C16H33N3O+2. The first-order chi connectivity index (χ1) is 9.50. The van der Waals surface area contributed by atoms with E-state index in [-0.39, 0.29) is 0 Å². The highest BCUT2D eigenvalue weighted by molar-refractivity contribution is 4.83. The number of likely N-dealkylation sites (N-methyl/N-ethyl adjacent to an activating group) is 2. The Labute approximate surface area is 124 Å². The summed E-state index contributed by atoms with van der Waals surface area (Å²) in [6, 6.07) is 1.75. The molecule has 0 aromatic carbocycles. The summed E-state index contributed by atoms with van der Waals surface area (Å²) in [4.78, 5) is 2.76. The van der Waals surface area contributed by atoms with Crippen LogP contribution in [0.2, 0.25) is 0 Å². The summed E-state index contributed by atoms with van der Waals surface area (Å²) in [6.45, 7) is 9.52. The Morgan fingerprint density at radius 3 is 2.20 bits per heavy atom. The van der Waals surface area contributed by atoms with Gasteiger partial charge in [-0.05, 0) is 6.42 Å². The van der Waals surface area contributed by atoms with Crippen LogP contribution in [0.4, 0.5) is 0 Å². The van der Waals surface area contributed by atoms with Gasteiger partial charge in [0.2, 0.25) is 0 Å². The highest BCUT2D eigenvalue weighted by Crippen LogP contribution is 2.32. The Balaban J connectivity index is 1.54. The third-order valence-corrected chi connectivity index (χ3v) is 6.40. The maximum atomic E-state index is 5.51. The van der Waals surface area contributed by atoms with E-state index in [1.165, 1.54) is 67.5 Å². The number of hydrogen-bond acceptors (Lipinski definition) is 2. The van der Waals surface area contributed by atoms with Gasteiger partial charge in [0.05, 0.1) is 54.0 Å². The summed E-state index contributed by atoms with van der Waals surface area (Å²) < 4.78 is 8.00. The molecule has 2 bridgehead atoms. The Morgan fingerprint density at radius 2 is 1.60 bits per heavy atom. The molecule has 0 saturated carbocycles. The van der Waals surface area contributed by atoms with Crippen LogP contribution < -0.4 is 0 Å². The van der Waals surface area contributed by atoms with Crippen molar-refractivity contribution in [2.45, 2.75) is 31.3 Å². The van der Waals surface area contributed by atoms with E-state index >= 15 is 0 Å². The lowest BCUT2D eigenvalue weighted by atomic mass is 9.89. The van der Waals surface area contributed by atoms with Crippen LogP contribution >= 0.6 is 0 Å². The Kier molecular flexibility index (Phi) is 4.10. The van der Waals surface area contributed by atoms with E-state index < -0.39 is 0 Å².